The van der Waals surface area contributed by atoms with Crippen molar-refractivity contribution in [2.45, 2.75) is 18.9 Å². The Morgan fingerprint density at radius 1 is 1.32 bits per heavy atom. The second kappa shape index (κ2) is 9.79. The zero-order chi connectivity index (χ0) is 16.5. The van der Waals surface area contributed by atoms with E-state index in [1.807, 2.05) is 24.3 Å². The second-order valence-corrected chi connectivity index (χ2v) is 6.98. The van der Waals surface area contributed by atoms with E-state index in [9.17, 15) is 4.21 Å². The van der Waals surface area contributed by atoms with Gasteiger partial charge in [-0.1, -0.05) is 18.2 Å². The average Bonchev–Trinajstić information content (AvgIpc) is 2.95. The van der Waals surface area contributed by atoms with Crippen molar-refractivity contribution >= 4 is 39.4 Å². The molecule has 0 amide bonds. The molecule has 2 aromatic rings. The lowest BCUT2D eigenvalue weighted by Gasteiger charge is -2.15. The number of aromatic amines is 1. The highest BCUT2D eigenvalue weighted by molar-refractivity contribution is 7.85. The van der Waals surface area contributed by atoms with Gasteiger partial charge in [0.05, 0.1) is 0 Å². The van der Waals surface area contributed by atoms with Gasteiger partial charge in [-0.25, -0.2) is 0 Å². The third kappa shape index (κ3) is 5.93. The molecule has 4 nitrogen and oxygen atoms in total. The molecule has 6 heteroatoms. The number of hydrogen-bond acceptors (Lipinski definition) is 3. The van der Waals surface area contributed by atoms with Crippen molar-refractivity contribution in [1.82, 2.24) is 4.98 Å². The maximum Gasteiger partial charge on any atom is 0.0459 e. The average molecular weight is 342 g/mol. The molecular weight excluding hydrogens is 318 g/mol. The third-order valence-corrected chi connectivity index (χ3v) is 4.87. The number of benzene rings is 1. The van der Waals surface area contributed by atoms with Gasteiger partial charge < -0.3 is 16.5 Å². The topological polar surface area (TPSA) is 84.9 Å². The van der Waals surface area contributed by atoms with Gasteiger partial charge in [0.1, 0.15) is 0 Å². The van der Waals surface area contributed by atoms with Gasteiger partial charge in [-0.2, -0.15) is 0 Å². The van der Waals surface area contributed by atoms with E-state index >= 15 is 0 Å². The number of aromatic nitrogens is 1. The van der Waals surface area contributed by atoms with E-state index in [0.29, 0.717) is 6.04 Å². The summed E-state index contributed by atoms with van der Waals surface area (Å²) < 4.78 is 10.7. The summed E-state index contributed by atoms with van der Waals surface area (Å²) in [6, 6.07) is 8.11. The number of halogens is 1. The Balaban J connectivity index is 0.000000211. The van der Waals surface area contributed by atoms with Crippen LogP contribution < -0.4 is 11.5 Å². The molecule has 2 heterocycles. The van der Waals surface area contributed by atoms with Crippen LogP contribution in [0.2, 0.25) is 5.02 Å². The van der Waals surface area contributed by atoms with E-state index in [0.717, 1.165) is 46.0 Å². The van der Waals surface area contributed by atoms with Crippen molar-refractivity contribution in [3.05, 3.63) is 41.6 Å². The molecular formula is C16H24ClN3OS. The Morgan fingerprint density at radius 3 is 2.50 bits per heavy atom. The van der Waals surface area contributed by atoms with Gasteiger partial charge in [0, 0.05) is 50.0 Å². The molecule has 0 aliphatic carbocycles. The van der Waals surface area contributed by atoms with E-state index in [1.54, 1.807) is 6.08 Å². The van der Waals surface area contributed by atoms with Gasteiger partial charge >= 0.3 is 0 Å². The fourth-order valence-corrected chi connectivity index (χ4v) is 3.56. The molecule has 3 rings (SSSR count). The molecule has 0 unspecified atom stereocenters. The standard InChI is InChI=1S/C10H8ClN.C5H11NOS.CH5N/c1-2-9-6-7-5-8(11)3-4-10(7)12-9;6-5-1-3-8(7)4-2-5;1-2/h2-6,12H,1H2;5H,1-4,6H2;2H2,1H3. The fraction of sp³-hybridized carbons (Fsp3) is 0.375. The van der Waals surface area contributed by atoms with E-state index < -0.39 is 10.8 Å². The van der Waals surface area contributed by atoms with Crippen molar-refractivity contribution < 1.29 is 4.21 Å². The van der Waals surface area contributed by atoms with Gasteiger partial charge in [-0.15, -0.1) is 0 Å². The highest BCUT2D eigenvalue weighted by Crippen LogP contribution is 2.20. The highest BCUT2D eigenvalue weighted by atomic mass is 35.5. The molecule has 0 atom stereocenters. The molecule has 22 heavy (non-hydrogen) atoms. The first-order valence-electron chi connectivity index (χ1n) is 7.17. The van der Waals surface area contributed by atoms with Crippen LogP contribution in [0.3, 0.4) is 0 Å². The Morgan fingerprint density at radius 2 is 1.95 bits per heavy atom. The molecule has 0 saturated carbocycles. The summed E-state index contributed by atoms with van der Waals surface area (Å²) >= 11 is 5.83. The third-order valence-electron chi connectivity index (χ3n) is 3.26. The molecule has 5 N–H and O–H groups in total. The minimum Gasteiger partial charge on any atom is -0.355 e. The van der Waals surface area contributed by atoms with Gasteiger partial charge in [-0.3, -0.25) is 4.21 Å². The second-order valence-electron chi connectivity index (χ2n) is 4.85. The lowest BCUT2D eigenvalue weighted by molar-refractivity contribution is 0.597. The Hall–Kier alpha value is -1.14. The van der Waals surface area contributed by atoms with E-state index in [-0.39, 0.29) is 0 Å². The van der Waals surface area contributed by atoms with Crippen LogP contribution in [0, 0.1) is 0 Å². The van der Waals surface area contributed by atoms with Gasteiger partial charge in [0.15, 0.2) is 0 Å². The zero-order valence-corrected chi connectivity index (χ0v) is 14.4. The van der Waals surface area contributed by atoms with E-state index in [2.05, 4.69) is 17.3 Å². The highest BCUT2D eigenvalue weighted by Gasteiger charge is 2.12. The van der Waals surface area contributed by atoms with Gasteiger partial charge in [-0.05, 0) is 50.2 Å². The van der Waals surface area contributed by atoms with E-state index in [1.165, 1.54) is 7.05 Å². The van der Waals surface area contributed by atoms with Crippen LogP contribution in [0.4, 0.5) is 0 Å². The first kappa shape index (κ1) is 18.9. The number of fused-ring (bicyclic) bond motifs is 1. The van der Waals surface area contributed by atoms with Gasteiger partial charge in [0.25, 0.3) is 0 Å². The summed E-state index contributed by atoms with van der Waals surface area (Å²) in [6.45, 7) is 3.68. The van der Waals surface area contributed by atoms with Crippen LogP contribution in [-0.4, -0.2) is 33.8 Å². The number of nitrogens with two attached hydrogens (primary N) is 2. The quantitative estimate of drug-likeness (QED) is 0.745. The number of rotatable bonds is 1. The van der Waals surface area contributed by atoms with E-state index in [4.69, 9.17) is 17.3 Å². The first-order valence-corrected chi connectivity index (χ1v) is 9.04. The van der Waals surface area contributed by atoms with Gasteiger partial charge in [0.2, 0.25) is 0 Å². The van der Waals surface area contributed by atoms with Crippen molar-refractivity contribution in [3.8, 4) is 0 Å². The molecule has 1 fully saturated rings. The maximum atomic E-state index is 10.7. The summed E-state index contributed by atoms with van der Waals surface area (Å²) in [5.74, 6) is 1.64. The molecule has 1 aliphatic rings. The Labute approximate surface area is 139 Å². The van der Waals surface area contributed by atoms with Crippen LogP contribution in [-0.2, 0) is 10.8 Å². The lowest BCUT2D eigenvalue weighted by atomic mass is 10.2. The minimum absolute atomic E-state index is 0.327. The summed E-state index contributed by atoms with van der Waals surface area (Å²) in [4.78, 5) is 3.20. The molecule has 1 aromatic heterocycles. The summed E-state index contributed by atoms with van der Waals surface area (Å²) in [5.41, 5.74) is 12.2. The molecule has 0 bridgehead atoms. The number of nitrogens with one attached hydrogen (secondary N) is 1. The Kier molecular flexibility index (Phi) is 8.42. The molecule has 1 aromatic carbocycles. The van der Waals surface area contributed by atoms with Crippen LogP contribution >= 0.6 is 11.6 Å². The molecule has 0 radical (unpaired) electrons. The summed E-state index contributed by atoms with van der Waals surface area (Å²) in [7, 11) is 0.959. The lowest BCUT2D eigenvalue weighted by Crippen LogP contribution is -2.29. The van der Waals surface area contributed by atoms with Crippen LogP contribution in [0.25, 0.3) is 17.0 Å². The van der Waals surface area contributed by atoms with Crippen molar-refractivity contribution in [2.24, 2.45) is 11.5 Å². The summed E-state index contributed by atoms with van der Waals surface area (Å²) in [5, 5.41) is 1.88. The zero-order valence-electron chi connectivity index (χ0n) is 12.8. The smallest absolute Gasteiger partial charge is 0.0459 e. The predicted molar refractivity (Wildman–Crippen MR) is 98.6 cm³/mol. The summed E-state index contributed by atoms with van der Waals surface area (Å²) in [6.07, 6.45) is 3.69. The molecule has 1 saturated heterocycles. The van der Waals surface area contributed by atoms with Crippen molar-refractivity contribution in [2.75, 3.05) is 18.6 Å². The molecule has 1 aliphatic heterocycles. The minimum atomic E-state index is -0.541. The SMILES string of the molecule is C=Cc1cc2cc(Cl)ccc2[nH]1.CN.NC1CCS(=O)CC1. The predicted octanol–water partition coefficient (Wildman–Crippen LogP) is 2.90. The molecule has 0 spiro atoms. The normalized spacial score (nSPS) is 20.4. The Bertz CT molecular complexity index is 617. The number of hydrogen-bond donors (Lipinski definition) is 3. The number of H-pyrrole nitrogens is 1. The van der Waals surface area contributed by atoms with Crippen molar-refractivity contribution in [1.29, 1.82) is 0 Å². The monoisotopic (exact) mass is 341 g/mol. The van der Waals surface area contributed by atoms with Crippen LogP contribution in [0.5, 0.6) is 0 Å². The van der Waals surface area contributed by atoms with Crippen LogP contribution in [0.1, 0.15) is 18.5 Å². The first-order chi connectivity index (χ1) is 10.6. The maximum absolute atomic E-state index is 10.7. The van der Waals surface area contributed by atoms with Crippen molar-refractivity contribution in [3.63, 3.8) is 0 Å². The largest absolute Gasteiger partial charge is 0.355 e. The van der Waals surface area contributed by atoms with Crippen LogP contribution in [0.15, 0.2) is 30.8 Å². The molecule has 122 valence electrons. The fourth-order valence-electron chi connectivity index (χ4n) is 2.05.